The molecule has 0 spiro atoms. The molecule has 1 heterocycles. The number of nitrogens with two attached hydrogens (primary N) is 1. The fourth-order valence-electron chi connectivity index (χ4n) is 2.89. The highest BCUT2D eigenvalue weighted by Crippen LogP contribution is 2.37. The van der Waals surface area contributed by atoms with Gasteiger partial charge >= 0.3 is 0 Å². The summed E-state index contributed by atoms with van der Waals surface area (Å²) >= 11 is 0. The average molecular weight is 256 g/mol. The van der Waals surface area contributed by atoms with Gasteiger partial charge in [0.15, 0.2) is 0 Å². The largest absolute Gasteiger partial charge is 0.399 e. The Balaban J connectivity index is 2.11. The molecule has 1 aliphatic carbocycles. The van der Waals surface area contributed by atoms with Gasteiger partial charge in [0.1, 0.15) is 5.82 Å². The molecule has 0 fully saturated rings. The van der Waals surface area contributed by atoms with Crippen molar-refractivity contribution < 1.29 is 4.39 Å². The number of nitrogen functional groups attached to an aromatic ring is 1. The molecule has 1 unspecified atom stereocenters. The lowest BCUT2D eigenvalue weighted by molar-refractivity contribution is 0.549. The number of aromatic nitrogens is 1. The summed E-state index contributed by atoms with van der Waals surface area (Å²) in [6, 6.07) is 7.34. The molecule has 1 aromatic heterocycles. The summed E-state index contributed by atoms with van der Waals surface area (Å²) < 4.78 is 14.2. The molecule has 19 heavy (non-hydrogen) atoms. The molecule has 0 amide bonds. The minimum absolute atomic E-state index is 0.0350. The van der Waals surface area contributed by atoms with Crippen LogP contribution in [0.25, 0.3) is 0 Å². The highest BCUT2D eigenvalue weighted by atomic mass is 19.1. The number of halogens is 1. The molecule has 1 atom stereocenters. The Bertz CT molecular complexity index is 622. The van der Waals surface area contributed by atoms with Crippen LogP contribution in [-0.2, 0) is 6.42 Å². The summed E-state index contributed by atoms with van der Waals surface area (Å²) in [6.45, 7) is 1.83. The van der Waals surface area contributed by atoms with Crippen molar-refractivity contribution in [3.05, 3.63) is 58.7 Å². The zero-order valence-electron chi connectivity index (χ0n) is 11.0. The lowest BCUT2D eigenvalue weighted by atomic mass is 9.81. The second kappa shape index (κ2) is 4.65. The average Bonchev–Trinajstić information content (AvgIpc) is 2.42. The lowest BCUT2D eigenvalue weighted by Crippen LogP contribution is -2.14. The fourth-order valence-corrected chi connectivity index (χ4v) is 2.89. The van der Waals surface area contributed by atoms with Gasteiger partial charge in [-0.1, -0.05) is 6.07 Å². The van der Waals surface area contributed by atoms with Crippen molar-refractivity contribution in [2.75, 3.05) is 5.73 Å². The number of fused-ring (bicyclic) bond motifs is 1. The molecule has 1 aromatic carbocycles. The molecular weight excluding hydrogens is 239 g/mol. The number of aryl methyl sites for hydroxylation is 2. The Morgan fingerprint density at radius 3 is 3.05 bits per heavy atom. The van der Waals surface area contributed by atoms with Gasteiger partial charge in [-0.2, -0.15) is 0 Å². The van der Waals surface area contributed by atoms with Crippen LogP contribution in [0.5, 0.6) is 0 Å². The van der Waals surface area contributed by atoms with E-state index in [4.69, 9.17) is 5.73 Å². The van der Waals surface area contributed by atoms with Crippen LogP contribution in [0.4, 0.5) is 10.1 Å². The number of nitrogens with zero attached hydrogens (tertiary/aromatic N) is 1. The first-order chi connectivity index (χ1) is 9.16. The predicted molar refractivity (Wildman–Crippen MR) is 74.6 cm³/mol. The number of rotatable bonds is 1. The maximum Gasteiger partial charge on any atom is 0.127 e. The van der Waals surface area contributed by atoms with Crippen molar-refractivity contribution in [3.63, 3.8) is 0 Å². The molecule has 0 saturated heterocycles. The predicted octanol–water partition coefficient (Wildman–Crippen LogP) is 3.58. The van der Waals surface area contributed by atoms with Crippen molar-refractivity contribution in [2.24, 2.45) is 0 Å². The van der Waals surface area contributed by atoms with Crippen molar-refractivity contribution in [1.29, 1.82) is 0 Å². The number of hydrogen-bond donors (Lipinski definition) is 1. The number of benzene rings is 1. The SMILES string of the molecule is Cc1cc(F)c(C2CCCc3cccnc32)cc1N. The van der Waals surface area contributed by atoms with Gasteiger partial charge in [-0.15, -0.1) is 0 Å². The van der Waals surface area contributed by atoms with E-state index >= 15 is 0 Å². The standard InChI is InChI=1S/C16H17FN2/c1-10-8-14(17)13(9-15(10)18)12-6-2-4-11-5-3-7-19-16(11)12/h3,5,7-9,12H,2,4,6,18H2,1H3. The van der Waals surface area contributed by atoms with Gasteiger partial charge < -0.3 is 5.73 Å². The number of anilines is 1. The Morgan fingerprint density at radius 1 is 1.37 bits per heavy atom. The zero-order chi connectivity index (χ0) is 13.4. The van der Waals surface area contributed by atoms with E-state index in [-0.39, 0.29) is 11.7 Å². The molecule has 2 aromatic rings. The van der Waals surface area contributed by atoms with E-state index in [2.05, 4.69) is 11.1 Å². The molecule has 0 saturated carbocycles. The van der Waals surface area contributed by atoms with Gasteiger partial charge in [0.2, 0.25) is 0 Å². The molecule has 2 N–H and O–H groups in total. The van der Waals surface area contributed by atoms with Gasteiger partial charge in [-0.3, -0.25) is 4.98 Å². The smallest absolute Gasteiger partial charge is 0.127 e. The van der Waals surface area contributed by atoms with Crippen LogP contribution >= 0.6 is 0 Å². The Labute approximate surface area is 112 Å². The second-order valence-electron chi connectivity index (χ2n) is 5.22. The molecule has 1 aliphatic rings. The van der Waals surface area contributed by atoms with Crippen LogP contribution < -0.4 is 5.73 Å². The molecule has 3 rings (SSSR count). The van der Waals surface area contributed by atoms with E-state index < -0.39 is 0 Å². The third kappa shape index (κ3) is 2.09. The third-order valence-corrected chi connectivity index (χ3v) is 3.96. The molecular formula is C16H17FN2. The molecule has 0 aliphatic heterocycles. The third-order valence-electron chi connectivity index (χ3n) is 3.96. The van der Waals surface area contributed by atoms with Crippen LogP contribution in [0.15, 0.2) is 30.5 Å². The van der Waals surface area contributed by atoms with Crippen LogP contribution in [0.3, 0.4) is 0 Å². The van der Waals surface area contributed by atoms with E-state index in [9.17, 15) is 4.39 Å². The highest BCUT2D eigenvalue weighted by molar-refractivity contribution is 5.51. The molecule has 0 radical (unpaired) electrons. The summed E-state index contributed by atoms with van der Waals surface area (Å²) in [5, 5.41) is 0. The second-order valence-corrected chi connectivity index (χ2v) is 5.22. The highest BCUT2D eigenvalue weighted by Gasteiger charge is 2.25. The Kier molecular flexibility index (Phi) is 2.97. The topological polar surface area (TPSA) is 38.9 Å². The summed E-state index contributed by atoms with van der Waals surface area (Å²) in [4.78, 5) is 4.46. The minimum atomic E-state index is -0.171. The van der Waals surface area contributed by atoms with Crippen LogP contribution in [-0.4, -0.2) is 4.98 Å². The van der Waals surface area contributed by atoms with Crippen LogP contribution in [0.1, 0.15) is 41.1 Å². The molecule has 2 nitrogen and oxygen atoms in total. The van der Waals surface area contributed by atoms with E-state index in [1.54, 1.807) is 12.3 Å². The first-order valence-electron chi connectivity index (χ1n) is 6.66. The number of hydrogen-bond acceptors (Lipinski definition) is 2. The maximum absolute atomic E-state index is 14.2. The number of pyridine rings is 1. The van der Waals surface area contributed by atoms with Crippen molar-refractivity contribution >= 4 is 5.69 Å². The van der Waals surface area contributed by atoms with Crippen molar-refractivity contribution in [1.82, 2.24) is 4.98 Å². The van der Waals surface area contributed by atoms with Crippen molar-refractivity contribution in [2.45, 2.75) is 32.1 Å². The maximum atomic E-state index is 14.2. The van der Waals surface area contributed by atoms with Crippen LogP contribution in [0.2, 0.25) is 0 Å². The van der Waals surface area contributed by atoms with Gasteiger partial charge in [0.05, 0.1) is 5.69 Å². The van der Waals surface area contributed by atoms with Gasteiger partial charge in [-0.25, -0.2) is 4.39 Å². The fraction of sp³-hybridized carbons (Fsp3) is 0.312. The lowest BCUT2D eigenvalue weighted by Gasteiger charge is -2.25. The Hall–Kier alpha value is -1.90. The Morgan fingerprint density at radius 2 is 2.21 bits per heavy atom. The van der Waals surface area contributed by atoms with Crippen LogP contribution in [0, 0.1) is 12.7 Å². The van der Waals surface area contributed by atoms with E-state index in [0.717, 1.165) is 30.5 Å². The van der Waals surface area contributed by atoms with Gasteiger partial charge in [0.25, 0.3) is 0 Å². The van der Waals surface area contributed by atoms with Gasteiger partial charge in [-0.05, 0) is 61.1 Å². The summed E-state index contributed by atoms with van der Waals surface area (Å²) in [5.74, 6) is -0.136. The quantitative estimate of drug-likeness (QED) is 0.792. The summed E-state index contributed by atoms with van der Waals surface area (Å²) in [5.41, 5.74) is 10.3. The summed E-state index contributed by atoms with van der Waals surface area (Å²) in [6.07, 6.45) is 4.81. The summed E-state index contributed by atoms with van der Waals surface area (Å²) in [7, 11) is 0. The van der Waals surface area contributed by atoms with E-state index in [0.29, 0.717) is 11.3 Å². The van der Waals surface area contributed by atoms with Crippen molar-refractivity contribution in [3.8, 4) is 0 Å². The minimum Gasteiger partial charge on any atom is -0.399 e. The van der Waals surface area contributed by atoms with E-state index in [1.165, 1.54) is 11.6 Å². The monoisotopic (exact) mass is 256 g/mol. The van der Waals surface area contributed by atoms with Gasteiger partial charge in [0, 0.05) is 17.8 Å². The zero-order valence-corrected chi connectivity index (χ0v) is 11.0. The molecule has 0 bridgehead atoms. The molecule has 98 valence electrons. The normalized spacial score (nSPS) is 18.1. The first kappa shape index (κ1) is 12.2. The first-order valence-corrected chi connectivity index (χ1v) is 6.66. The molecule has 3 heteroatoms. The van der Waals surface area contributed by atoms with E-state index in [1.807, 2.05) is 13.0 Å².